The Balaban J connectivity index is 3.50. The number of esters is 1. The van der Waals surface area contributed by atoms with Gasteiger partial charge < -0.3 is 4.74 Å². The van der Waals surface area contributed by atoms with Gasteiger partial charge in [-0.3, -0.25) is 0 Å². The highest BCUT2D eigenvalue weighted by Gasteiger charge is 1.88. The molecule has 34 valence electrons. The Morgan fingerprint density at radius 2 is 2.43 bits per heavy atom. The van der Waals surface area contributed by atoms with Gasteiger partial charge in [0, 0.05) is 5.92 Å². The number of nitrogens with zero attached hydrogens (tertiary/aromatic N) is 1. The number of carbonyl (C=O) groups is 1. The van der Waals surface area contributed by atoms with Crippen molar-refractivity contribution in [1.29, 1.82) is 5.26 Å². The average Bonchev–Trinajstić information content (AvgIpc) is 1.68. The maximum absolute atomic E-state index is 9.73. The SMILES string of the molecule is C#CC(=O)OC#N. The topological polar surface area (TPSA) is 50.1 Å². The van der Waals surface area contributed by atoms with Crippen LogP contribution in [0, 0.1) is 23.9 Å². The Morgan fingerprint density at radius 1 is 1.86 bits per heavy atom. The molecule has 0 saturated heterocycles. The monoisotopic (exact) mass is 95.0 g/mol. The zero-order chi connectivity index (χ0) is 5.70. The quantitative estimate of drug-likeness (QED) is 0.179. The van der Waals surface area contributed by atoms with Crippen LogP contribution in [-0.4, -0.2) is 5.97 Å². The summed E-state index contributed by atoms with van der Waals surface area (Å²) < 4.78 is 3.62. The van der Waals surface area contributed by atoms with E-state index < -0.39 is 5.97 Å². The molecule has 0 radical (unpaired) electrons. The lowest BCUT2D eigenvalue weighted by Crippen LogP contribution is -1.92. The Bertz CT molecular complexity index is 148. The Morgan fingerprint density at radius 3 is 2.57 bits per heavy atom. The summed E-state index contributed by atoms with van der Waals surface area (Å²) in [4.78, 5) is 9.73. The molecule has 0 aromatic carbocycles. The van der Waals surface area contributed by atoms with Gasteiger partial charge in [-0.1, -0.05) is 0 Å². The van der Waals surface area contributed by atoms with Crippen LogP contribution in [-0.2, 0) is 9.53 Å². The first-order valence-electron chi connectivity index (χ1n) is 1.37. The molecule has 0 aliphatic heterocycles. The van der Waals surface area contributed by atoms with Gasteiger partial charge in [0.1, 0.15) is 0 Å². The van der Waals surface area contributed by atoms with Crippen molar-refractivity contribution < 1.29 is 9.53 Å². The van der Waals surface area contributed by atoms with E-state index in [0.717, 1.165) is 6.26 Å². The van der Waals surface area contributed by atoms with Crippen LogP contribution in [0.25, 0.3) is 0 Å². The number of terminal acetylenes is 1. The molecular formula is C4HNO2. The summed E-state index contributed by atoms with van der Waals surface area (Å²) in [6, 6.07) is 0. The second kappa shape index (κ2) is 2.74. The molecule has 0 N–H and O–H groups in total. The van der Waals surface area contributed by atoms with Crippen molar-refractivity contribution in [3.05, 3.63) is 0 Å². The maximum Gasteiger partial charge on any atom is 0.399 e. The summed E-state index contributed by atoms with van der Waals surface area (Å²) in [6.07, 6.45) is 5.61. The fraction of sp³-hybridized carbons (Fsp3) is 0. The number of carbonyl (C=O) groups excluding carboxylic acids is 1. The third-order valence-corrected chi connectivity index (χ3v) is 0.256. The lowest BCUT2D eigenvalue weighted by atomic mass is 10.7. The molecule has 0 saturated carbocycles. The van der Waals surface area contributed by atoms with Crippen molar-refractivity contribution in [2.45, 2.75) is 0 Å². The highest BCUT2D eigenvalue weighted by Crippen LogP contribution is 1.66. The van der Waals surface area contributed by atoms with Crippen molar-refractivity contribution in [3.63, 3.8) is 0 Å². The summed E-state index contributed by atoms with van der Waals surface area (Å²) in [7, 11) is 0. The Hall–Kier alpha value is -1.48. The van der Waals surface area contributed by atoms with Crippen molar-refractivity contribution in [3.8, 4) is 18.6 Å². The Labute approximate surface area is 40.5 Å². The zero-order valence-electron chi connectivity index (χ0n) is 3.34. The van der Waals surface area contributed by atoms with E-state index >= 15 is 0 Å². The van der Waals surface area contributed by atoms with E-state index in [1.165, 1.54) is 0 Å². The summed E-state index contributed by atoms with van der Waals surface area (Å²) in [5.41, 5.74) is 0. The smallest absolute Gasteiger partial charge is 0.341 e. The molecule has 0 unspecified atom stereocenters. The van der Waals surface area contributed by atoms with Crippen LogP contribution in [0.5, 0.6) is 0 Å². The number of hydrogen-bond acceptors (Lipinski definition) is 3. The maximum atomic E-state index is 9.73. The molecule has 0 aromatic heterocycles. The first kappa shape index (κ1) is 5.52. The molecule has 3 heteroatoms. The van der Waals surface area contributed by atoms with Crippen LogP contribution in [0.3, 0.4) is 0 Å². The minimum atomic E-state index is -0.956. The minimum absolute atomic E-state index is 0.956. The molecule has 0 aliphatic carbocycles. The predicted molar refractivity (Wildman–Crippen MR) is 20.5 cm³/mol. The second-order valence-corrected chi connectivity index (χ2v) is 0.625. The van der Waals surface area contributed by atoms with Crippen LogP contribution in [0.4, 0.5) is 0 Å². The first-order chi connectivity index (χ1) is 3.31. The standard InChI is InChI=1S/C4HNO2/c1-2-4(6)7-3-5/h1H. The third kappa shape index (κ3) is 2.32. The zero-order valence-corrected chi connectivity index (χ0v) is 3.34. The van der Waals surface area contributed by atoms with Crippen LogP contribution in [0.2, 0.25) is 0 Å². The van der Waals surface area contributed by atoms with Gasteiger partial charge in [-0.05, 0) is 0 Å². The highest BCUT2D eigenvalue weighted by molar-refractivity contribution is 5.88. The molecular weight excluding hydrogens is 94.0 g/mol. The normalized spacial score (nSPS) is 5.43. The molecule has 0 rings (SSSR count). The van der Waals surface area contributed by atoms with Gasteiger partial charge in [0.2, 0.25) is 0 Å². The molecule has 0 amide bonds. The van der Waals surface area contributed by atoms with E-state index in [9.17, 15) is 4.79 Å². The van der Waals surface area contributed by atoms with Gasteiger partial charge in [-0.15, -0.1) is 11.7 Å². The summed E-state index contributed by atoms with van der Waals surface area (Å²) in [6.45, 7) is 0. The first-order valence-corrected chi connectivity index (χ1v) is 1.37. The van der Waals surface area contributed by atoms with Crippen LogP contribution < -0.4 is 0 Å². The molecule has 0 atom stereocenters. The van der Waals surface area contributed by atoms with Crippen molar-refractivity contribution in [2.75, 3.05) is 0 Å². The number of hydrogen-bond donors (Lipinski definition) is 0. The van der Waals surface area contributed by atoms with Crippen molar-refractivity contribution in [1.82, 2.24) is 0 Å². The van der Waals surface area contributed by atoms with Gasteiger partial charge in [-0.25, -0.2) is 4.79 Å². The molecule has 0 spiro atoms. The average molecular weight is 95.1 g/mol. The lowest BCUT2D eigenvalue weighted by Gasteiger charge is -1.74. The van der Waals surface area contributed by atoms with E-state index in [1.54, 1.807) is 5.92 Å². The largest absolute Gasteiger partial charge is 0.399 e. The van der Waals surface area contributed by atoms with E-state index in [1.807, 2.05) is 0 Å². The fourth-order valence-electron chi connectivity index (χ4n) is 0.0709. The van der Waals surface area contributed by atoms with Crippen LogP contribution in [0.1, 0.15) is 0 Å². The number of rotatable bonds is 0. The molecule has 0 bridgehead atoms. The predicted octanol–water partition coefficient (Wildman–Crippen LogP) is -0.356. The van der Waals surface area contributed by atoms with Gasteiger partial charge in [0.15, 0.2) is 0 Å². The molecule has 0 fully saturated rings. The molecule has 7 heavy (non-hydrogen) atoms. The molecule has 0 aliphatic rings. The van der Waals surface area contributed by atoms with E-state index in [4.69, 9.17) is 5.26 Å². The Kier molecular flexibility index (Phi) is 2.16. The third-order valence-electron chi connectivity index (χ3n) is 0.256. The summed E-state index contributed by atoms with van der Waals surface area (Å²) in [5.74, 6) is 0.626. The van der Waals surface area contributed by atoms with Crippen LogP contribution >= 0.6 is 0 Å². The lowest BCUT2D eigenvalue weighted by molar-refractivity contribution is -0.130. The molecule has 0 heterocycles. The second-order valence-electron chi connectivity index (χ2n) is 0.625. The van der Waals surface area contributed by atoms with E-state index in [0.29, 0.717) is 0 Å². The van der Waals surface area contributed by atoms with Gasteiger partial charge in [-0.2, -0.15) is 0 Å². The van der Waals surface area contributed by atoms with Crippen molar-refractivity contribution >= 4 is 5.97 Å². The minimum Gasteiger partial charge on any atom is -0.341 e. The molecule has 3 nitrogen and oxygen atoms in total. The fourth-order valence-corrected chi connectivity index (χ4v) is 0.0709. The van der Waals surface area contributed by atoms with Gasteiger partial charge in [0.25, 0.3) is 6.26 Å². The summed E-state index contributed by atoms with van der Waals surface area (Å²) in [5, 5.41) is 7.58. The van der Waals surface area contributed by atoms with E-state index in [2.05, 4.69) is 11.2 Å². The van der Waals surface area contributed by atoms with E-state index in [-0.39, 0.29) is 0 Å². The summed E-state index contributed by atoms with van der Waals surface area (Å²) >= 11 is 0. The number of nitriles is 1. The van der Waals surface area contributed by atoms with Crippen LogP contribution in [0.15, 0.2) is 0 Å². The number of ether oxygens (including phenoxy) is 1. The van der Waals surface area contributed by atoms with Gasteiger partial charge >= 0.3 is 5.97 Å². The van der Waals surface area contributed by atoms with Gasteiger partial charge in [0.05, 0.1) is 0 Å². The molecule has 0 aromatic rings. The van der Waals surface area contributed by atoms with Crippen molar-refractivity contribution in [2.24, 2.45) is 0 Å². The highest BCUT2D eigenvalue weighted by atomic mass is 16.5.